The summed E-state index contributed by atoms with van der Waals surface area (Å²) in [4.78, 5) is 41.7. The molecule has 35 heavy (non-hydrogen) atoms. The summed E-state index contributed by atoms with van der Waals surface area (Å²) in [5, 5.41) is 5.47. The average molecular weight is 483 g/mol. The largest absolute Gasteiger partial charge is 0.497 e. The fourth-order valence-corrected chi connectivity index (χ4v) is 4.61. The van der Waals surface area contributed by atoms with Gasteiger partial charge in [-0.2, -0.15) is 0 Å². The van der Waals surface area contributed by atoms with Gasteiger partial charge in [-0.05, 0) is 52.8 Å². The minimum atomic E-state index is -0.923. The fourth-order valence-electron chi connectivity index (χ4n) is 4.61. The number of fused-ring (bicyclic) bond motifs is 1. The van der Waals surface area contributed by atoms with Crippen molar-refractivity contribution in [3.8, 4) is 5.75 Å². The van der Waals surface area contributed by atoms with E-state index in [1.165, 1.54) is 15.9 Å². The summed E-state index contributed by atoms with van der Waals surface area (Å²) in [5.74, 6) is -0.510. The molecule has 0 bridgehead atoms. The third-order valence-electron chi connectivity index (χ3n) is 6.46. The van der Waals surface area contributed by atoms with Gasteiger partial charge in [-0.15, -0.1) is 0 Å². The molecular formula is C26H31FN4O4. The molecule has 2 heterocycles. The zero-order valence-corrected chi connectivity index (χ0v) is 20.5. The maximum atomic E-state index is 14.8. The number of nitrogens with one attached hydrogen (secondary N) is 2. The van der Waals surface area contributed by atoms with Crippen LogP contribution in [0.25, 0.3) is 0 Å². The van der Waals surface area contributed by atoms with Crippen LogP contribution in [-0.4, -0.2) is 60.9 Å². The molecule has 0 spiro atoms. The van der Waals surface area contributed by atoms with E-state index in [4.69, 9.17) is 4.74 Å². The van der Waals surface area contributed by atoms with Gasteiger partial charge in [-0.1, -0.05) is 32.9 Å². The monoisotopic (exact) mass is 482 g/mol. The number of halogens is 1. The van der Waals surface area contributed by atoms with Crippen LogP contribution < -0.4 is 15.4 Å². The summed E-state index contributed by atoms with van der Waals surface area (Å²) < 4.78 is 20.1. The fraction of sp³-hybridized carbons (Fsp3) is 0.423. The van der Waals surface area contributed by atoms with Crippen molar-refractivity contribution in [2.45, 2.75) is 38.6 Å². The van der Waals surface area contributed by atoms with Crippen LogP contribution in [0.2, 0.25) is 0 Å². The number of ether oxygens (including phenoxy) is 1. The number of methoxy groups -OCH3 is 1. The number of carbonyl (C=O) groups excluding carboxylic acids is 3. The highest BCUT2D eigenvalue weighted by Crippen LogP contribution is 2.34. The molecule has 8 nitrogen and oxygen atoms in total. The number of carbonyl (C=O) groups is 3. The first kappa shape index (κ1) is 24.5. The zero-order valence-electron chi connectivity index (χ0n) is 20.5. The normalized spacial score (nSPS) is 17.6. The molecule has 2 N–H and O–H groups in total. The van der Waals surface area contributed by atoms with Crippen molar-refractivity contribution >= 4 is 23.5 Å². The van der Waals surface area contributed by atoms with Crippen LogP contribution in [0.3, 0.4) is 0 Å². The number of urea groups is 1. The molecule has 0 aliphatic carbocycles. The molecule has 1 atom stereocenters. The van der Waals surface area contributed by atoms with E-state index in [2.05, 4.69) is 10.6 Å². The van der Waals surface area contributed by atoms with Gasteiger partial charge in [0, 0.05) is 25.3 Å². The molecule has 1 saturated heterocycles. The van der Waals surface area contributed by atoms with Gasteiger partial charge in [0.2, 0.25) is 5.91 Å². The van der Waals surface area contributed by atoms with E-state index in [0.29, 0.717) is 48.6 Å². The van der Waals surface area contributed by atoms with Crippen LogP contribution in [0, 0.1) is 5.82 Å². The van der Waals surface area contributed by atoms with Crippen molar-refractivity contribution in [2.75, 3.05) is 38.6 Å². The Kier molecular flexibility index (Phi) is 6.69. The Morgan fingerprint density at radius 3 is 2.57 bits per heavy atom. The maximum absolute atomic E-state index is 14.8. The summed E-state index contributed by atoms with van der Waals surface area (Å²) in [6, 6.07) is 8.81. The van der Waals surface area contributed by atoms with Crippen molar-refractivity contribution < 1.29 is 23.5 Å². The van der Waals surface area contributed by atoms with Gasteiger partial charge in [0.1, 0.15) is 24.2 Å². The van der Waals surface area contributed by atoms with Crippen molar-refractivity contribution in [3.05, 3.63) is 58.9 Å². The summed E-state index contributed by atoms with van der Waals surface area (Å²) in [5.41, 5.74) is 2.07. The standard InChI is InChI=1S/C26H31FN4O4/c1-26(2,3)20-8-5-17(14-21(20)27)29-24(33)23-19-7-6-18(35-4)13-16(19)9-11-31(23)22(32)15-30-12-10-28-25(30)34/h5-8,13-14,23H,9-12,15H2,1-4H3,(H,28,34)(H,29,33)/t23-/m1/s1. The van der Waals surface area contributed by atoms with Gasteiger partial charge in [-0.3, -0.25) is 9.59 Å². The molecule has 2 aromatic rings. The molecule has 1 fully saturated rings. The van der Waals surface area contributed by atoms with Crippen LogP contribution in [0.1, 0.15) is 43.5 Å². The van der Waals surface area contributed by atoms with Crippen LogP contribution in [0.5, 0.6) is 5.75 Å². The van der Waals surface area contributed by atoms with Crippen molar-refractivity contribution in [1.29, 1.82) is 0 Å². The Hall–Kier alpha value is -3.62. The molecule has 0 saturated carbocycles. The van der Waals surface area contributed by atoms with Gasteiger partial charge in [0.15, 0.2) is 0 Å². The molecule has 2 aromatic carbocycles. The van der Waals surface area contributed by atoms with E-state index < -0.39 is 17.8 Å². The number of hydrogen-bond donors (Lipinski definition) is 2. The van der Waals surface area contributed by atoms with E-state index in [0.717, 1.165) is 5.56 Å². The maximum Gasteiger partial charge on any atom is 0.317 e. The number of hydrogen-bond acceptors (Lipinski definition) is 4. The molecule has 0 aromatic heterocycles. The second-order valence-corrected chi connectivity index (χ2v) is 9.89. The van der Waals surface area contributed by atoms with Crippen LogP contribution in [-0.2, 0) is 21.4 Å². The minimum absolute atomic E-state index is 0.115. The van der Waals surface area contributed by atoms with Crippen LogP contribution in [0.15, 0.2) is 36.4 Å². The van der Waals surface area contributed by atoms with Gasteiger partial charge in [0.05, 0.1) is 7.11 Å². The topological polar surface area (TPSA) is 91.0 Å². The number of amides is 4. The second kappa shape index (κ2) is 9.56. The molecule has 4 rings (SSSR count). The number of benzene rings is 2. The second-order valence-electron chi connectivity index (χ2n) is 9.89. The zero-order chi connectivity index (χ0) is 25.3. The van der Waals surface area contributed by atoms with E-state index in [1.807, 2.05) is 26.8 Å². The smallest absolute Gasteiger partial charge is 0.317 e. The van der Waals surface area contributed by atoms with Gasteiger partial charge < -0.3 is 25.2 Å². The SMILES string of the molecule is COc1ccc2c(c1)CCN(C(=O)CN1CCNC1=O)[C@H]2C(=O)Nc1ccc(C(C)(C)C)c(F)c1. The number of rotatable bonds is 5. The van der Waals surface area contributed by atoms with Crippen molar-refractivity contribution in [1.82, 2.24) is 15.1 Å². The average Bonchev–Trinajstić information content (AvgIpc) is 3.21. The summed E-state index contributed by atoms with van der Waals surface area (Å²) >= 11 is 0. The first-order valence-electron chi connectivity index (χ1n) is 11.7. The van der Waals surface area contributed by atoms with Crippen LogP contribution in [0.4, 0.5) is 14.9 Å². The number of anilines is 1. The van der Waals surface area contributed by atoms with E-state index in [9.17, 15) is 18.8 Å². The van der Waals surface area contributed by atoms with Gasteiger partial charge >= 0.3 is 6.03 Å². The summed E-state index contributed by atoms with van der Waals surface area (Å²) in [6.07, 6.45) is 0.545. The minimum Gasteiger partial charge on any atom is -0.497 e. The number of nitrogens with zero attached hydrogens (tertiary/aromatic N) is 2. The Morgan fingerprint density at radius 1 is 1.17 bits per heavy atom. The van der Waals surface area contributed by atoms with E-state index in [-0.39, 0.29) is 23.9 Å². The molecular weight excluding hydrogens is 451 g/mol. The first-order valence-corrected chi connectivity index (χ1v) is 11.7. The lowest BCUT2D eigenvalue weighted by atomic mass is 9.86. The molecule has 186 valence electrons. The van der Waals surface area contributed by atoms with E-state index in [1.54, 1.807) is 31.4 Å². The quantitative estimate of drug-likeness (QED) is 0.685. The lowest BCUT2D eigenvalue weighted by molar-refractivity contribution is -0.139. The highest BCUT2D eigenvalue weighted by molar-refractivity contribution is 5.99. The summed E-state index contributed by atoms with van der Waals surface area (Å²) in [6.45, 7) is 6.86. The molecule has 0 unspecified atom stereocenters. The predicted octanol–water partition coefficient (Wildman–Crippen LogP) is 3.22. The Morgan fingerprint density at radius 2 is 1.94 bits per heavy atom. The molecule has 4 amide bonds. The molecule has 2 aliphatic heterocycles. The van der Waals surface area contributed by atoms with Gasteiger partial charge in [-0.25, -0.2) is 9.18 Å². The third kappa shape index (κ3) is 5.08. The Bertz CT molecular complexity index is 1160. The molecule has 2 aliphatic rings. The Balaban J connectivity index is 1.63. The van der Waals surface area contributed by atoms with Crippen LogP contribution >= 0.6 is 0 Å². The first-order chi connectivity index (χ1) is 16.6. The highest BCUT2D eigenvalue weighted by Gasteiger charge is 2.37. The van der Waals surface area contributed by atoms with Crippen molar-refractivity contribution in [3.63, 3.8) is 0 Å². The molecule has 0 radical (unpaired) electrons. The highest BCUT2D eigenvalue weighted by atomic mass is 19.1. The predicted molar refractivity (Wildman–Crippen MR) is 130 cm³/mol. The molecule has 9 heteroatoms. The third-order valence-corrected chi connectivity index (χ3v) is 6.46. The summed E-state index contributed by atoms with van der Waals surface area (Å²) in [7, 11) is 1.57. The Labute approximate surface area is 204 Å². The lowest BCUT2D eigenvalue weighted by Gasteiger charge is -2.37. The van der Waals surface area contributed by atoms with E-state index >= 15 is 0 Å². The van der Waals surface area contributed by atoms with Gasteiger partial charge in [0.25, 0.3) is 5.91 Å². The lowest BCUT2D eigenvalue weighted by Crippen LogP contribution is -2.49. The van der Waals surface area contributed by atoms with Crippen molar-refractivity contribution in [2.24, 2.45) is 0 Å².